The molecule has 0 radical (unpaired) electrons. The van der Waals surface area contributed by atoms with Gasteiger partial charge in [0.15, 0.2) is 0 Å². The Morgan fingerprint density at radius 1 is 1.14 bits per heavy atom. The number of nitrogens with zero attached hydrogens (tertiary/aromatic N) is 2. The minimum Gasteiger partial charge on any atom is -0.494 e. The summed E-state index contributed by atoms with van der Waals surface area (Å²) in [6.07, 6.45) is 1.84. The molecule has 0 amide bonds. The first-order chi connectivity index (χ1) is 13.9. The van der Waals surface area contributed by atoms with E-state index >= 15 is 0 Å². The molecule has 0 aliphatic carbocycles. The Labute approximate surface area is 174 Å². The number of aromatic amines is 1. The predicted octanol–water partition coefficient (Wildman–Crippen LogP) is 4.73. The zero-order valence-electron chi connectivity index (χ0n) is 14.6. The molecule has 0 aliphatic rings. The third-order valence-corrected chi connectivity index (χ3v) is 7.55. The third kappa shape index (κ3) is 3.13. The Hall–Kier alpha value is -3.01. The minimum atomic E-state index is -3.78. The molecule has 5 rings (SSSR count). The van der Waals surface area contributed by atoms with Crippen LogP contribution in [0, 0.1) is 0 Å². The van der Waals surface area contributed by atoms with E-state index in [-0.39, 0.29) is 16.0 Å². The lowest BCUT2D eigenvalue weighted by atomic mass is 10.2. The molecule has 0 fully saturated rings. The van der Waals surface area contributed by atoms with Gasteiger partial charge in [0.2, 0.25) is 11.8 Å². The fraction of sp³-hybridized carbons (Fsp3) is 0. The molecule has 3 aromatic heterocycles. The van der Waals surface area contributed by atoms with Gasteiger partial charge in [-0.2, -0.15) is 0 Å². The van der Waals surface area contributed by atoms with E-state index < -0.39 is 10.0 Å². The molecule has 0 atom stereocenters. The molecule has 10 heteroatoms. The normalized spacial score (nSPS) is 12.0. The largest absolute Gasteiger partial charge is 0.494 e. The molecule has 5 aromatic rings. The number of anilines is 1. The number of imidazole rings is 1. The van der Waals surface area contributed by atoms with Gasteiger partial charge in [-0.3, -0.25) is 4.57 Å². The third-order valence-electron chi connectivity index (χ3n) is 4.49. The van der Waals surface area contributed by atoms with E-state index in [9.17, 15) is 13.5 Å². The summed E-state index contributed by atoms with van der Waals surface area (Å²) in [6, 6.07) is 15.9. The zero-order valence-corrected chi connectivity index (χ0v) is 17.0. The van der Waals surface area contributed by atoms with Crippen molar-refractivity contribution in [2.24, 2.45) is 0 Å². The molecular formula is C19H13ClN4O3S2. The van der Waals surface area contributed by atoms with E-state index in [1.165, 1.54) is 12.1 Å². The van der Waals surface area contributed by atoms with Crippen LogP contribution in [-0.2, 0) is 10.0 Å². The van der Waals surface area contributed by atoms with Crippen LogP contribution in [0.3, 0.4) is 0 Å². The maximum Gasteiger partial charge on any atom is 0.273 e. The molecule has 2 aromatic carbocycles. The SMILES string of the molecule is O=S(=O)(Nc1nc2ccc(-n3cc4ccccc4c3O)cc2[nH]1)c1ccc(Cl)s1. The number of halogens is 1. The molecule has 0 bridgehead atoms. The summed E-state index contributed by atoms with van der Waals surface area (Å²) in [5.74, 6) is 0.235. The number of aromatic hydroxyl groups is 1. The van der Waals surface area contributed by atoms with Crippen LogP contribution in [0.5, 0.6) is 5.88 Å². The highest BCUT2D eigenvalue weighted by atomic mass is 35.5. The molecular weight excluding hydrogens is 432 g/mol. The Morgan fingerprint density at radius 2 is 1.97 bits per heavy atom. The average Bonchev–Trinajstić information content (AvgIpc) is 3.38. The van der Waals surface area contributed by atoms with Crippen molar-refractivity contribution in [2.75, 3.05) is 4.72 Å². The fourth-order valence-corrected chi connectivity index (χ4v) is 5.60. The number of sulfonamides is 1. The van der Waals surface area contributed by atoms with Gasteiger partial charge in [-0.1, -0.05) is 29.8 Å². The molecule has 0 saturated carbocycles. The first-order valence-corrected chi connectivity index (χ1v) is 11.2. The van der Waals surface area contributed by atoms with Crippen molar-refractivity contribution in [2.45, 2.75) is 4.21 Å². The van der Waals surface area contributed by atoms with E-state index in [1.54, 1.807) is 22.8 Å². The summed E-state index contributed by atoms with van der Waals surface area (Å²) in [4.78, 5) is 7.25. The average molecular weight is 445 g/mol. The number of thiophene rings is 1. The van der Waals surface area contributed by atoms with Crippen molar-refractivity contribution in [3.05, 3.63) is 65.1 Å². The highest BCUT2D eigenvalue weighted by molar-refractivity contribution is 7.94. The van der Waals surface area contributed by atoms with Gasteiger partial charge in [0.1, 0.15) is 4.21 Å². The van der Waals surface area contributed by atoms with Gasteiger partial charge in [-0.15, -0.1) is 11.3 Å². The van der Waals surface area contributed by atoms with Crippen molar-refractivity contribution in [1.29, 1.82) is 0 Å². The van der Waals surface area contributed by atoms with Crippen LogP contribution in [0.15, 0.2) is 65.0 Å². The summed E-state index contributed by atoms with van der Waals surface area (Å²) in [7, 11) is -3.78. The van der Waals surface area contributed by atoms with Crippen LogP contribution in [0.4, 0.5) is 5.95 Å². The number of benzene rings is 2. The number of fused-ring (bicyclic) bond motifs is 2. The molecule has 3 heterocycles. The predicted molar refractivity (Wildman–Crippen MR) is 115 cm³/mol. The first kappa shape index (κ1) is 18.0. The van der Waals surface area contributed by atoms with E-state index in [0.717, 1.165) is 22.1 Å². The lowest BCUT2D eigenvalue weighted by Crippen LogP contribution is -2.12. The molecule has 0 aliphatic heterocycles. The number of nitrogens with one attached hydrogen (secondary N) is 2. The number of hydrogen-bond donors (Lipinski definition) is 3. The van der Waals surface area contributed by atoms with Crippen LogP contribution in [0.1, 0.15) is 0 Å². The molecule has 29 heavy (non-hydrogen) atoms. The second kappa shape index (κ2) is 6.51. The van der Waals surface area contributed by atoms with Gasteiger partial charge in [0, 0.05) is 17.0 Å². The Morgan fingerprint density at radius 3 is 2.72 bits per heavy atom. The van der Waals surface area contributed by atoms with E-state index in [2.05, 4.69) is 14.7 Å². The van der Waals surface area contributed by atoms with Crippen molar-refractivity contribution >= 4 is 60.7 Å². The maximum absolute atomic E-state index is 12.5. The monoisotopic (exact) mass is 444 g/mol. The van der Waals surface area contributed by atoms with Crippen LogP contribution >= 0.6 is 22.9 Å². The van der Waals surface area contributed by atoms with Crippen molar-refractivity contribution in [3.8, 4) is 11.6 Å². The number of rotatable bonds is 4. The highest BCUT2D eigenvalue weighted by Crippen LogP contribution is 2.31. The Kier molecular flexibility index (Phi) is 4.05. The van der Waals surface area contributed by atoms with Crippen molar-refractivity contribution in [1.82, 2.24) is 14.5 Å². The lowest BCUT2D eigenvalue weighted by Gasteiger charge is -2.04. The molecule has 146 valence electrons. The van der Waals surface area contributed by atoms with Gasteiger partial charge in [-0.05, 0) is 36.4 Å². The highest BCUT2D eigenvalue weighted by Gasteiger charge is 2.19. The standard InChI is InChI=1S/C19H13ClN4O3S2/c20-16-7-8-17(28-16)29(26,27)23-19-21-14-6-5-12(9-15(14)22-19)24-10-11-3-1-2-4-13(11)18(24)25/h1-10,25H,(H2,21,22,23). The zero-order chi connectivity index (χ0) is 20.2. The van der Waals surface area contributed by atoms with Gasteiger partial charge in [-0.25, -0.2) is 18.1 Å². The molecule has 0 unspecified atom stereocenters. The quantitative estimate of drug-likeness (QED) is 0.373. The van der Waals surface area contributed by atoms with Crippen LogP contribution < -0.4 is 4.72 Å². The second-order valence-corrected chi connectivity index (χ2v) is 9.99. The van der Waals surface area contributed by atoms with Crippen molar-refractivity contribution < 1.29 is 13.5 Å². The smallest absolute Gasteiger partial charge is 0.273 e. The molecule has 3 N–H and O–H groups in total. The number of aromatic nitrogens is 3. The van der Waals surface area contributed by atoms with Crippen LogP contribution in [0.2, 0.25) is 4.34 Å². The van der Waals surface area contributed by atoms with Crippen LogP contribution in [-0.4, -0.2) is 28.1 Å². The van der Waals surface area contributed by atoms with E-state index in [4.69, 9.17) is 11.6 Å². The number of hydrogen-bond acceptors (Lipinski definition) is 5. The fourth-order valence-electron chi connectivity index (χ4n) is 3.16. The topological polar surface area (TPSA) is 100 Å². The van der Waals surface area contributed by atoms with Gasteiger partial charge in [0.05, 0.1) is 21.1 Å². The summed E-state index contributed by atoms with van der Waals surface area (Å²) in [6.45, 7) is 0. The summed E-state index contributed by atoms with van der Waals surface area (Å²) < 4.78 is 29.5. The molecule has 7 nitrogen and oxygen atoms in total. The first-order valence-electron chi connectivity index (χ1n) is 8.48. The Balaban J connectivity index is 1.52. The summed E-state index contributed by atoms with van der Waals surface area (Å²) in [5, 5.41) is 12.2. The van der Waals surface area contributed by atoms with E-state index in [0.29, 0.717) is 21.1 Å². The Bertz CT molecular complexity index is 1480. The van der Waals surface area contributed by atoms with Crippen LogP contribution in [0.25, 0.3) is 27.5 Å². The lowest BCUT2D eigenvalue weighted by molar-refractivity contribution is 0.448. The summed E-state index contributed by atoms with van der Waals surface area (Å²) >= 11 is 6.80. The number of H-pyrrole nitrogens is 1. The second-order valence-electron chi connectivity index (χ2n) is 6.36. The van der Waals surface area contributed by atoms with Crippen molar-refractivity contribution in [3.63, 3.8) is 0 Å². The molecule has 0 spiro atoms. The van der Waals surface area contributed by atoms with Gasteiger partial charge >= 0.3 is 0 Å². The molecule has 0 saturated heterocycles. The minimum absolute atomic E-state index is 0.101. The van der Waals surface area contributed by atoms with E-state index in [1.807, 2.05) is 30.5 Å². The summed E-state index contributed by atoms with van der Waals surface area (Å²) in [5.41, 5.74) is 1.93. The van der Waals surface area contributed by atoms with Gasteiger partial charge < -0.3 is 10.1 Å². The maximum atomic E-state index is 12.5. The van der Waals surface area contributed by atoms with Gasteiger partial charge in [0.25, 0.3) is 10.0 Å².